The summed E-state index contributed by atoms with van der Waals surface area (Å²) in [6.45, 7) is -1.16. The molecule has 0 aromatic carbocycles. The van der Waals surface area contributed by atoms with Crippen LogP contribution in [0.25, 0.3) is 0 Å². The van der Waals surface area contributed by atoms with Crippen LogP contribution >= 0.6 is 0 Å². The van der Waals surface area contributed by atoms with Crippen molar-refractivity contribution in [2.45, 2.75) is 24.1 Å². The third kappa shape index (κ3) is 1.45. The summed E-state index contributed by atoms with van der Waals surface area (Å²) in [5.74, 6) is -2.17. The van der Waals surface area contributed by atoms with Gasteiger partial charge in [-0.1, -0.05) is 0 Å². The Balaban J connectivity index is 2.71. The molecule has 0 amide bonds. The Hall–Kier alpha value is -0.240. The molecule has 0 spiro atoms. The van der Waals surface area contributed by atoms with E-state index < -0.39 is 30.7 Å². The zero-order valence-electron chi connectivity index (χ0n) is 6.29. The number of ether oxygens (including phenoxy) is 1. The van der Waals surface area contributed by atoms with Crippen LogP contribution in [0.2, 0.25) is 0 Å². The van der Waals surface area contributed by atoms with E-state index in [0.29, 0.717) is 0 Å². The van der Waals surface area contributed by atoms with Gasteiger partial charge in [0.15, 0.2) is 0 Å². The van der Waals surface area contributed by atoms with Crippen LogP contribution in [-0.2, 0) is 4.74 Å². The van der Waals surface area contributed by atoms with Gasteiger partial charge in [-0.05, 0) is 0 Å². The highest BCUT2D eigenvalue weighted by atomic mass is 16.7. The van der Waals surface area contributed by atoms with Gasteiger partial charge in [0.05, 0.1) is 13.2 Å². The smallest absolute Gasteiger partial charge is 0.218 e. The van der Waals surface area contributed by atoms with E-state index in [4.69, 9.17) is 20.4 Å². The summed E-state index contributed by atoms with van der Waals surface area (Å²) in [6.07, 6.45) is -4.45. The minimum absolute atomic E-state index is 0.324. The molecule has 0 bridgehead atoms. The van der Waals surface area contributed by atoms with Crippen molar-refractivity contribution in [3.8, 4) is 0 Å². The minimum atomic E-state index is -2.17. The fourth-order valence-electron chi connectivity index (χ4n) is 1.03. The van der Waals surface area contributed by atoms with Crippen LogP contribution in [-0.4, -0.2) is 62.8 Å². The lowest BCUT2D eigenvalue weighted by molar-refractivity contribution is -0.331. The van der Waals surface area contributed by atoms with Crippen LogP contribution in [0.4, 0.5) is 0 Å². The number of hydrogen-bond acceptors (Lipinski definition) is 6. The second kappa shape index (κ2) is 3.25. The van der Waals surface area contributed by atoms with E-state index in [1.165, 1.54) is 0 Å². The van der Waals surface area contributed by atoms with Crippen molar-refractivity contribution < 1.29 is 30.3 Å². The van der Waals surface area contributed by atoms with Gasteiger partial charge in [0.1, 0.15) is 18.3 Å². The van der Waals surface area contributed by atoms with Gasteiger partial charge in [0.2, 0.25) is 5.79 Å². The predicted molar refractivity (Wildman–Crippen MR) is 36.0 cm³/mol. The normalized spacial score (nSPS) is 49.2. The Labute approximate surface area is 68.6 Å². The first-order chi connectivity index (χ1) is 5.51. The van der Waals surface area contributed by atoms with Gasteiger partial charge >= 0.3 is 0 Å². The maximum absolute atomic E-state index is 9.24. The molecule has 6 heteroatoms. The van der Waals surface area contributed by atoms with Crippen molar-refractivity contribution in [2.75, 3.05) is 13.2 Å². The van der Waals surface area contributed by atoms with Crippen LogP contribution in [0.3, 0.4) is 0 Å². The van der Waals surface area contributed by atoms with E-state index in [2.05, 4.69) is 4.74 Å². The number of aliphatic hydroxyl groups is 5. The standard InChI is InChI=1S/C6H12O6/c7-2-6(11)5(10)4(9)3(8)1-12-6/h3-5,7-11H,1-2H2/t3-,4+,5+,6+/m1/s1. The zero-order valence-corrected chi connectivity index (χ0v) is 6.29. The maximum Gasteiger partial charge on any atom is 0.218 e. The molecule has 1 aliphatic rings. The highest BCUT2D eigenvalue weighted by Crippen LogP contribution is 2.22. The fourth-order valence-corrected chi connectivity index (χ4v) is 1.03. The van der Waals surface area contributed by atoms with Crippen LogP contribution < -0.4 is 0 Å². The van der Waals surface area contributed by atoms with E-state index in [1.807, 2.05) is 0 Å². The lowest BCUT2D eigenvalue weighted by Gasteiger charge is -2.40. The molecular formula is C6H12O6. The Bertz CT molecular complexity index is 162. The molecule has 4 atom stereocenters. The number of aliphatic hydroxyl groups excluding tert-OH is 4. The molecule has 0 saturated carbocycles. The summed E-state index contributed by atoms with van der Waals surface area (Å²) in [5.41, 5.74) is 0. The van der Waals surface area contributed by atoms with E-state index in [9.17, 15) is 5.11 Å². The molecule has 0 aromatic rings. The van der Waals surface area contributed by atoms with Gasteiger partial charge in [0, 0.05) is 0 Å². The minimum Gasteiger partial charge on any atom is -0.391 e. The van der Waals surface area contributed by atoms with Crippen LogP contribution in [0.15, 0.2) is 0 Å². The average molecular weight is 180 g/mol. The van der Waals surface area contributed by atoms with Gasteiger partial charge in [0.25, 0.3) is 0 Å². The summed E-state index contributed by atoms with van der Waals surface area (Å²) < 4.78 is 4.56. The Kier molecular flexibility index (Phi) is 2.67. The largest absolute Gasteiger partial charge is 0.391 e. The molecule has 1 saturated heterocycles. The van der Waals surface area contributed by atoms with Crippen molar-refractivity contribution in [3.63, 3.8) is 0 Å². The summed E-state index contributed by atoms with van der Waals surface area (Å²) in [6, 6.07) is 0. The SMILES string of the molecule is OC[C@]1(O)OC[C@@H](O)[C@H](O)[C@@H]1O. The summed E-state index contributed by atoms with van der Waals surface area (Å²) in [7, 11) is 0. The highest BCUT2D eigenvalue weighted by Gasteiger charge is 2.47. The van der Waals surface area contributed by atoms with Crippen LogP contribution in [0, 0.1) is 0 Å². The Morgan fingerprint density at radius 1 is 1.33 bits per heavy atom. The monoisotopic (exact) mass is 180 g/mol. The van der Waals surface area contributed by atoms with Gasteiger partial charge in [-0.3, -0.25) is 0 Å². The van der Waals surface area contributed by atoms with E-state index in [1.54, 1.807) is 0 Å². The van der Waals surface area contributed by atoms with E-state index in [0.717, 1.165) is 0 Å². The molecule has 6 nitrogen and oxygen atoms in total. The molecule has 12 heavy (non-hydrogen) atoms. The lowest BCUT2D eigenvalue weighted by Crippen LogP contribution is -2.62. The molecule has 0 aromatic heterocycles. The average Bonchev–Trinajstić information content (AvgIpc) is 2.09. The molecule has 72 valence electrons. The molecular weight excluding hydrogens is 168 g/mol. The van der Waals surface area contributed by atoms with Crippen molar-refractivity contribution in [1.82, 2.24) is 0 Å². The van der Waals surface area contributed by atoms with E-state index >= 15 is 0 Å². The molecule has 0 unspecified atom stereocenters. The quantitative estimate of drug-likeness (QED) is 0.290. The molecule has 1 aliphatic heterocycles. The van der Waals surface area contributed by atoms with Gasteiger partial charge in [-0.25, -0.2) is 0 Å². The molecule has 1 fully saturated rings. The molecule has 5 N–H and O–H groups in total. The summed E-state index contributed by atoms with van der Waals surface area (Å²) >= 11 is 0. The third-order valence-corrected chi connectivity index (χ3v) is 1.91. The topological polar surface area (TPSA) is 110 Å². The fraction of sp³-hybridized carbons (Fsp3) is 1.00. The first-order valence-corrected chi connectivity index (χ1v) is 3.52. The van der Waals surface area contributed by atoms with Gasteiger partial charge in [-0.15, -0.1) is 0 Å². The predicted octanol–water partition coefficient (Wildman–Crippen LogP) is -3.22. The van der Waals surface area contributed by atoms with Crippen molar-refractivity contribution >= 4 is 0 Å². The van der Waals surface area contributed by atoms with Crippen molar-refractivity contribution in [1.29, 1.82) is 0 Å². The van der Waals surface area contributed by atoms with Crippen molar-refractivity contribution in [3.05, 3.63) is 0 Å². The van der Waals surface area contributed by atoms with Crippen LogP contribution in [0.1, 0.15) is 0 Å². The second-order valence-electron chi connectivity index (χ2n) is 2.82. The molecule has 0 radical (unpaired) electrons. The molecule has 0 aliphatic carbocycles. The maximum atomic E-state index is 9.24. The Morgan fingerprint density at radius 3 is 2.42 bits per heavy atom. The third-order valence-electron chi connectivity index (χ3n) is 1.91. The zero-order chi connectivity index (χ0) is 9.35. The summed E-state index contributed by atoms with van der Waals surface area (Å²) in [5, 5.41) is 45.0. The molecule has 1 rings (SSSR count). The number of hydrogen-bond donors (Lipinski definition) is 5. The first-order valence-electron chi connectivity index (χ1n) is 3.52. The molecule has 1 heterocycles. The number of rotatable bonds is 1. The second-order valence-corrected chi connectivity index (χ2v) is 2.82. The lowest BCUT2D eigenvalue weighted by atomic mass is 9.98. The Morgan fingerprint density at radius 2 is 1.92 bits per heavy atom. The van der Waals surface area contributed by atoms with Gasteiger partial charge in [-0.2, -0.15) is 0 Å². The summed E-state index contributed by atoms with van der Waals surface area (Å²) in [4.78, 5) is 0. The van der Waals surface area contributed by atoms with Crippen LogP contribution in [0.5, 0.6) is 0 Å². The highest BCUT2D eigenvalue weighted by molar-refractivity contribution is 4.90. The van der Waals surface area contributed by atoms with Gasteiger partial charge < -0.3 is 30.3 Å². The van der Waals surface area contributed by atoms with E-state index in [-0.39, 0.29) is 6.61 Å². The first kappa shape index (κ1) is 9.85. The van der Waals surface area contributed by atoms with Crippen molar-refractivity contribution in [2.24, 2.45) is 0 Å².